The van der Waals surface area contributed by atoms with Gasteiger partial charge in [0.1, 0.15) is 5.01 Å². The summed E-state index contributed by atoms with van der Waals surface area (Å²) in [6, 6.07) is 10.6. The van der Waals surface area contributed by atoms with E-state index in [0.29, 0.717) is 0 Å². The maximum absolute atomic E-state index is 4.39. The maximum atomic E-state index is 4.39. The molecule has 0 spiro atoms. The number of aromatic nitrogens is 1. The number of hydrogen-bond acceptors (Lipinski definition) is 3. The summed E-state index contributed by atoms with van der Waals surface area (Å²) in [4.78, 5) is 5.75. The van der Waals surface area contributed by atoms with Crippen LogP contribution in [0.3, 0.4) is 0 Å². The van der Waals surface area contributed by atoms with E-state index in [1.807, 2.05) is 6.20 Å². The van der Waals surface area contributed by atoms with Crippen molar-refractivity contribution in [3.63, 3.8) is 0 Å². The van der Waals surface area contributed by atoms with E-state index in [1.165, 1.54) is 15.4 Å². The highest BCUT2D eigenvalue weighted by Gasteiger charge is 1.99. The lowest BCUT2D eigenvalue weighted by Gasteiger charge is -2.02. The summed E-state index contributed by atoms with van der Waals surface area (Å²) in [6.45, 7) is 4.06. The molecule has 0 aliphatic rings. The van der Waals surface area contributed by atoms with Crippen molar-refractivity contribution in [1.29, 1.82) is 0 Å². The molecule has 0 aliphatic carbocycles. The molecule has 1 N–H and O–H groups in total. The van der Waals surface area contributed by atoms with Gasteiger partial charge >= 0.3 is 0 Å². The molecule has 0 radical (unpaired) electrons. The predicted molar refractivity (Wildman–Crippen MR) is 73.3 cm³/mol. The molecule has 3 heteroatoms. The molecular weight excluding hydrogens is 228 g/mol. The van der Waals surface area contributed by atoms with E-state index < -0.39 is 0 Å². The molecule has 1 aromatic heterocycles. The van der Waals surface area contributed by atoms with E-state index in [4.69, 9.17) is 0 Å². The summed E-state index contributed by atoms with van der Waals surface area (Å²) in [7, 11) is 0. The lowest BCUT2D eigenvalue weighted by molar-refractivity contribution is 0.684. The van der Waals surface area contributed by atoms with Gasteiger partial charge in [0.05, 0.1) is 0 Å². The fourth-order valence-electron chi connectivity index (χ4n) is 1.67. The highest BCUT2D eigenvalue weighted by molar-refractivity contribution is 7.11. The second-order valence-electron chi connectivity index (χ2n) is 3.99. The Morgan fingerprint density at radius 3 is 2.76 bits per heavy atom. The molecule has 1 aromatic carbocycles. The van der Waals surface area contributed by atoms with Gasteiger partial charge in [-0.3, -0.25) is 0 Å². The zero-order valence-corrected chi connectivity index (χ0v) is 11.0. The summed E-state index contributed by atoms with van der Waals surface area (Å²) in [5.41, 5.74) is 1.38. The van der Waals surface area contributed by atoms with Gasteiger partial charge < -0.3 is 5.32 Å². The molecule has 17 heavy (non-hydrogen) atoms. The van der Waals surface area contributed by atoms with Gasteiger partial charge in [0.2, 0.25) is 0 Å². The number of hydrogen-bond donors (Lipinski definition) is 1. The zero-order chi connectivity index (χ0) is 11.9. The summed E-state index contributed by atoms with van der Waals surface area (Å²) >= 11 is 1.81. The molecule has 2 nitrogen and oxygen atoms in total. The van der Waals surface area contributed by atoms with Crippen LogP contribution in [0, 0.1) is 0 Å². The Morgan fingerprint density at radius 2 is 2.06 bits per heavy atom. The third kappa shape index (κ3) is 3.95. The van der Waals surface area contributed by atoms with Crippen LogP contribution in [0.1, 0.15) is 22.4 Å². The molecule has 1 heterocycles. The van der Waals surface area contributed by atoms with Crippen molar-refractivity contribution < 1.29 is 0 Å². The van der Waals surface area contributed by atoms with Crippen LogP contribution in [0.4, 0.5) is 0 Å². The standard InChI is InChI=1S/C14H18N2S/c1-2-13-10-16-14(17-13)11-15-9-8-12-6-4-3-5-7-12/h3-7,10,15H,2,8-9,11H2,1H3. The Kier molecular flexibility index (Phi) is 4.71. The van der Waals surface area contributed by atoms with Crippen molar-refractivity contribution in [2.75, 3.05) is 6.54 Å². The van der Waals surface area contributed by atoms with Crippen LogP contribution in [0.2, 0.25) is 0 Å². The van der Waals surface area contributed by atoms with Crippen molar-refractivity contribution in [2.24, 2.45) is 0 Å². The minimum Gasteiger partial charge on any atom is -0.310 e. The smallest absolute Gasteiger partial charge is 0.107 e. The first-order valence-corrected chi connectivity index (χ1v) is 6.88. The first-order valence-electron chi connectivity index (χ1n) is 6.06. The minimum atomic E-state index is 0.886. The fraction of sp³-hybridized carbons (Fsp3) is 0.357. The molecule has 0 aliphatic heterocycles. The van der Waals surface area contributed by atoms with Gasteiger partial charge in [-0.1, -0.05) is 37.3 Å². The van der Waals surface area contributed by atoms with Crippen molar-refractivity contribution in [3.05, 3.63) is 52.0 Å². The predicted octanol–water partition coefficient (Wildman–Crippen LogP) is 3.04. The van der Waals surface area contributed by atoms with Gasteiger partial charge in [0, 0.05) is 17.6 Å². The Bertz CT molecular complexity index is 436. The highest BCUT2D eigenvalue weighted by atomic mass is 32.1. The van der Waals surface area contributed by atoms with Crippen LogP contribution in [0.25, 0.3) is 0 Å². The number of rotatable bonds is 6. The van der Waals surface area contributed by atoms with E-state index in [2.05, 4.69) is 47.6 Å². The van der Waals surface area contributed by atoms with Crippen molar-refractivity contribution in [3.8, 4) is 0 Å². The van der Waals surface area contributed by atoms with Crippen LogP contribution < -0.4 is 5.32 Å². The van der Waals surface area contributed by atoms with Crippen molar-refractivity contribution in [2.45, 2.75) is 26.3 Å². The average molecular weight is 246 g/mol. The summed E-state index contributed by atoms with van der Waals surface area (Å²) < 4.78 is 0. The lowest BCUT2D eigenvalue weighted by atomic mass is 10.1. The largest absolute Gasteiger partial charge is 0.310 e. The lowest BCUT2D eigenvalue weighted by Crippen LogP contribution is -2.16. The van der Waals surface area contributed by atoms with Gasteiger partial charge in [-0.15, -0.1) is 11.3 Å². The third-order valence-electron chi connectivity index (χ3n) is 2.66. The van der Waals surface area contributed by atoms with Gasteiger partial charge in [-0.05, 0) is 24.9 Å². The Labute approximate surface area is 107 Å². The molecule has 0 saturated carbocycles. The fourth-order valence-corrected chi connectivity index (χ4v) is 2.50. The van der Waals surface area contributed by atoms with E-state index in [0.717, 1.165) is 25.9 Å². The number of aryl methyl sites for hydroxylation is 1. The first-order chi connectivity index (χ1) is 8.38. The highest BCUT2D eigenvalue weighted by Crippen LogP contribution is 2.12. The monoisotopic (exact) mass is 246 g/mol. The molecule has 0 saturated heterocycles. The van der Waals surface area contributed by atoms with E-state index in [1.54, 1.807) is 11.3 Å². The SMILES string of the molecule is CCc1cnc(CNCCc2ccccc2)s1. The maximum Gasteiger partial charge on any atom is 0.107 e. The van der Waals surface area contributed by atoms with Crippen LogP contribution in [-0.2, 0) is 19.4 Å². The van der Waals surface area contributed by atoms with Crippen LogP contribution in [-0.4, -0.2) is 11.5 Å². The summed E-state index contributed by atoms with van der Waals surface area (Å²) in [5, 5.41) is 4.63. The molecule has 2 aromatic rings. The molecule has 2 rings (SSSR count). The summed E-state index contributed by atoms with van der Waals surface area (Å²) in [6.07, 6.45) is 4.15. The van der Waals surface area contributed by atoms with Gasteiger partial charge in [0.25, 0.3) is 0 Å². The molecular formula is C14H18N2S. The van der Waals surface area contributed by atoms with Crippen LogP contribution in [0.15, 0.2) is 36.5 Å². The molecule has 0 bridgehead atoms. The van der Waals surface area contributed by atoms with E-state index >= 15 is 0 Å². The number of thiazole rings is 1. The Balaban J connectivity index is 1.69. The van der Waals surface area contributed by atoms with Crippen molar-refractivity contribution >= 4 is 11.3 Å². The topological polar surface area (TPSA) is 24.9 Å². The average Bonchev–Trinajstić information content (AvgIpc) is 2.84. The van der Waals surface area contributed by atoms with E-state index in [-0.39, 0.29) is 0 Å². The number of nitrogens with one attached hydrogen (secondary N) is 1. The molecule has 0 atom stereocenters. The van der Waals surface area contributed by atoms with Gasteiger partial charge in [0.15, 0.2) is 0 Å². The Hall–Kier alpha value is -1.19. The van der Waals surface area contributed by atoms with E-state index in [9.17, 15) is 0 Å². The number of benzene rings is 1. The Morgan fingerprint density at radius 1 is 1.24 bits per heavy atom. The number of nitrogens with zero attached hydrogens (tertiary/aromatic N) is 1. The second-order valence-corrected chi connectivity index (χ2v) is 5.19. The minimum absolute atomic E-state index is 0.886. The molecule has 0 amide bonds. The zero-order valence-electron chi connectivity index (χ0n) is 10.1. The van der Waals surface area contributed by atoms with Gasteiger partial charge in [-0.25, -0.2) is 4.98 Å². The molecule has 90 valence electrons. The van der Waals surface area contributed by atoms with Crippen molar-refractivity contribution in [1.82, 2.24) is 10.3 Å². The third-order valence-corrected chi connectivity index (χ3v) is 3.80. The van der Waals surface area contributed by atoms with Gasteiger partial charge in [-0.2, -0.15) is 0 Å². The molecule has 0 unspecified atom stereocenters. The summed E-state index contributed by atoms with van der Waals surface area (Å²) in [5.74, 6) is 0. The quantitative estimate of drug-likeness (QED) is 0.792. The molecule has 0 fully saturated rings. The van der Waals surface area contributed by atoms with Crippen LogP contribution >= 0.6 is 11.3 Å². The normalized spacial score (nSPS) is 10.6. The van der Waals surface area contributed by atoms with Crippen LogP contribution in [0.5, 0.6) is 0 Å². The first kappa shape index (κ1) is 12.3. The second kappa shape index (κ2) is 6.52.